The second-order valence-corrected chi connectivity index (χ2v) is 5.43. The zero-order chi connectivity index (χ0) is 14.5. The molecule has 2 aromatic carbocycles. The second kappa shape index (κ2) is 6.58. The fourth-order valence-corrected chi connectivity index (χ4v) is 2.13. The number of anilines is 1. The number of nitrogens with one attached hydrogen (secondary N) is 1. The summed E-state index contributed by atoms with van der Waals surface area (Å²) in [5.74, 6) is 0.0101. The number of aryl methyl sites for hydroxylation is 3. The van der Waals surface area contributed by atoms with E-state index in [1.807, 2.05) is 19.1 Å². The lowest BCUT2D eigenvalue weighted by Crippen LogP contribution is -2.13. The van der Waals surface area contributed by atoms with Gasteiger partial charge in [0.25, 0.3) is 0 Å². The van der Waals surface area contributed by atoms with Crippen LogP contribution in [0.15, 0.2) is 42.5 Å². The first-order chi connectivity index (χ1) is 9.54. The summed E-state index contributed by atoms with van der Waals surface area (Å²) in [6.07, 6.45) is 1.21. The molecular weight excluding hydrogens is 270 g/mol. The van der Waals surface area contributed by atoms with Gasteiger partial charge in [0, 0.05) is 17.1 Å². The molecule has 3 heteroatoms. The summed E-state index contributed by atoms with van der Waals surface area (Å²) in [7, 11) is 0. The molecule has 2 rings (SSSR count). The SMILES string of the molecule is Cc1ccc(CCC(=O)Nc2cc(Cl)ccc2C)cc1. The van der Waals surface area contributed by atoms with Crippen molar-refractivity contribution < 1.29 is 4.79 Å². The van der Waals surface area contributed by atoms with E-state index < -0.39 is 0 Å². The van der Waals surface area contributed by atoms with Crippen LogP contribution in [0.4, 0.5) is 5.69 Å². The average molecular weight is 288 g/mol. The Morgan fingerprint density at radius 2 is 1.80 bits per heavy atom. The van der Waals surface area contributed by atoms with Crippen molar-refractivity contribution in [3.05, 3.63) is 64.2 Å². The number of carbonyl (C=O) groups is 1. The van der Waals surface area contributed by atoms with Gasteiger partial charge in [-0.3, -0.25) is 4.79 Å². The standard InChI is InChI=1S/C17H18ClNO/c1-12-3-6-14(7-4-12)8-10-17(20)19-16-11-15(18)9-5-13(16)2/h3-7,9,11H,8,10H2,1-2H3,(H,19,20). The molecule has 104 valence electrons. The van der Waals surface area contributed by atoms with E-state index in [0.717, 1.165) is 17.7 Å². The Morgan fingerprint density at radius 1 is 1.10 bits per heavy atom. The van der Waals surface area contributed by atoms with Crippen molar-refractivity contribution in [1.82, 2.24) is 0 Å². The monoisotopic (exact) mass is 287 g/mol. The summed E-state index contributed by atoms with van der Waals surface area (Å²) in [4.78, 5) is 12.0. The maximum atomic E-state index is 12.0. The first-order valence-electron chi connectivity index (χ1n) is 6.66. The van der Waals surface area contributed by atoms with Crippen LogP contribution in [0.5, 0.6) is 0 Å². The van der Waals surface area contributed by atoms with E-state index in [-0.39, 0.29) is 5.91 Å². The highest BCUT2D eigenvalue weighted by atomic mass is 35.5. The number of carbonyl (C=O) groups excluding carboxylic acids is 1. The molecule has 0 aliphatic carbocycles. The molecule has 2 aromatic rings. The highest BCUT2D eigenvalue weighted by molar-refractivity contribution is 6.31. The van der Waals surface area contributed by atoms with Crippen LogP contribution in [0, 0.1) is 13.8 Å². The van der Waals surface area contributed by atoms with Crippen molar-refractivity contribution in [2.24, 2.45) is 0 Å². The van der Waals surface area contributed by atoms with Crippen LogP contribution in [-0.2, 0) is 11.2 Å². The molecule has 0 fully saturated rings. The molecule has 0 saturated heterocycles. The molecule has 0 radical (unpaired) electrons. The molecule has 0 aliphatic heterocycles. The van der Waals surface area contributed by atoms with Gasteiger partial charge in [-0.05, 0) is 43.5 Å². The summed E-state index contributed by atoms with van der Waals surface area (Å²) >= 11 is 5.94. The predicted molar refractivity (Wildman–Crippen MR) is 84.3 cm³/mol. The number of halogens is 1. The summed E-state index contributed by atoms with van der Waals surface area (Å²) in [5, 5.41) is 3.54. The van der Waals surface area contributed by atoms with Gasteiger partial charge >= 0.3 is 0 Å². The first-order valence-corrected chi connectivity index (χ1v) is 7.04. The zero-order valence-corrected chi connectivity index (χ0v) is 12.5. The van der Waals surface area contributed by atoms with Gasteiger partial charge in [-0.15, -0.1) is 0 Å². The van der Waals surface area contributed by atoms with E-state index in [1.54, 1.807) is 6.07 Å². The van der Waals surface area contributed by atoms with E-state index in [0.29, 0.717) is 11.4 Å². The van der Waals surface area contributed by atoms with Crippen molar-refractivity contribution in [2.45, 2.75) is 26.7 Å². The average Bonchev–Trinajstić information content (AvgIpc) is 2.42. The second-order valence-electron chi connectivity index (χ2n) is 4.99. The molecule has 0 spiro atoms. The smallest absolute Gasteiger partial charge is 0.224 e. The van der Waals surface area contributed by atoms with Crippen LogP contribution in [-0.4, -0.2) is 5.91 Å². The maximum Gasteiger partial charge on any atom is 0.224 e. The van der Waals surface area contributed by atoms with Crippen LogP contribution in [0.2, 0.25) is 5.02 Å². The highest BCUT2D eigenvalue weighted by Gasteiger charge is 2.06. The summed E-state index contributed by atoms with van der Waals surface area (Å²) < 4.78 is 0. The Balaban J connectivity index is 1.92. The lowest BCUT2D eigenvalue weighted by Gasteiger charge is -2.09. The van der Waals surface area contributed by atoms with Gasteiger partial charge in [-0.25, -0.2) is 0 Å². The summed E-state index contributed by atoms with van der Waals surface area (Å²) in [6, 6.07) is 13.8. The van der Waals surface area contributed by atoms with Crippen molar-refractivity contribution >= 4 is 23.2 Å². The number of rotatable bonds is 4. The third kappa shape index (κ3) is 4.10. The van der Waals surface area contributed by atoms with Gasteiger partial charge in [0.05, 0.1) is 0 Å². The van der Waals surface area contributed by atoms with Crippen LogP contribution in [0.1, 0.15) is 23.1 Å². The van der Waals surface area contributed by atoms with Crippen LogP contribution < -0.4 is 5.32 Å². The third-order valence-electron chi connectivity index (χ3n) is 3.24. The Labute approximate surface area is 124 Å². The molecule has 1 amide bonds. The number of benzene rings is 2. The van der Waals surface area contributed by atoms with Gasteiger partial charge in [-0.1, -0.05) is 47.5 Å². The van der Waals surface area contributed by atoms with E-state index in [9.17, 15) is 4.79 Å². The summed E-state index contributed by atoms with van der Waals surface area (Å²) in [6.45, 7) is 4.00. The topological polar surface area (TPSA) is 29.1 Å². The minimum Gasteiger partial charge on any atom is -0.326 e. The maximum absolute atomic E-state index is 12.0. The van der Waals surface area contributed by atoms with E-state index in [2.05, 4.69) is 36.5 Å². The van der Waals surface area contributed by atoms with Crippen molar-refractivity contribution in [3.8, 4) is 0 Å². The molecule has 0 unspecified atom stereocenters. The molecule has 0 atom stereocenters. The van der Waals surface area contributed by atoms with Crippen LogP contribution in [0.3, 0.4) is 0 Å². The lowest BCUT2D eigenvalue weighted by molar-refractivity contribution is -0.116. The van der Waals surface area contributed by atoms with Crippen molar-refractivity contribution in [2.75, 3.05) is 5.32 Å². The third-order valence-corrected chi connectivity index (χ3v) is 3.47. The van der Waals surface area contributed by atoms with E-state index in [1.165, 1.54) is 11.1 Å². The lowest BCUT2D eigenvalue weighted by atomic mass is 10.1. The van der Waals surface area contributed by atoms with Gasteiger partial charge in [0.1, 0.15) is 0 Å². The fraction of sp³-hybridized carbons (Fsp3) is 0.235. The fourth-order valence-electron chi connectivity index (χ4n) is 1.95. The Bertz CT molecular complexity index is 605. The van der Waals surface area contributed by atoms with E-state index in [4.69, 9.17) is 11.6 Å². The minimum atomic E-state index is 0.0101. The van der Waals surface area contributed by atoms with Crippen molar-refractivity contribution in [1.29, 1.82) is 0 Å². The van der Waals surface area contributed by atoms with Gasteiger partial charge in [0.15, 0.2) is 0 Å². The van der Waals surface area contributed by atoms with Crippen LogP contribution >= 0.6 is 11.6 Å². The molecule has 0 saturated carbocycles. The normalized spacial score (nSPS) is 10.3. The molecule has 0 aliphatic rings. The number of hydrogen-bond donors (Lipinski definition) is 1. The van der Waals surface area contributed by atoms with Gasteiger partial charge in [0.2, 0.25) is 5.91 Å². The molecule has 0 aromatic heterocycles. The Hall–Kier alpha value is -1.80. The Morgan fingerprint density at radius 3 is 2.50 bits per heavy atom. The first kappa shape index (κ1) is 14.6. The van der Waals surface area contributed by atoms with E-state index >= 15 is 0 Å². The molecule has 20 heavy (non-hydrogen) atoms. The minimum absolute atomic E-state index is 0.0101. The van der Waals surface area contributed by atoms with Crippen molar-refractivity contribution in [3.63, 3.8) is 0 Å². The molecule has 1 N–H and O–H groups in total. The highest BCUT2D eigenvalue weighted by Crippen LogP contribution is 2.20. The number of amides is 1. The number of hydrogen-bond acceptors (Lipinski definition) is 1. The quantitative estimate of drug-likeness (QED) is 0.879. The van der Waals surface area contributed by atoms with Gasteiger partial charge in [-0.2, -0.15) is 0 Å². The molecule has 2 nitrogen and oxygen atoms in total. The molecular formula is C17H18ClNO. The summed E-state index contributed by atoms with van der Waals surface area (Å²) in [5.41, 5.74) is 4.20. The zero-order valence-electron chi connectivity index (χ0n) is 11.7. The molecule has 0 bridgehead atoms. The largest absolute Gasteiger partial charge is 0.326 e. The van der Waals surface area contributed by atoms with Gasteiger partial charge < -0.3 is 5.32 Å². The van der Waals surface area contributed by atoms with Crippen LogP contribution in [0.25, 0.3) is 0 Å². The molecule has 0 heterocycles. The predicted octanol–water partition coefficient (Wildman–Crippen LogP) is 4.53. The Kier molecular flexibility index (Phi) is 4.80.